The zero-order valence-electron chi connectivity index (χ0n) is 12.1. The van der Waals surface area contributed by atoms with Gasteiger partial charge in [-0.1, -0.05) is 6.07 Å². The molecule has 110 valence electrons. The van der Waals surface area contributed by atoms with Gasteiger partial charge in [0.1, 0.15) is 5.82 Å². The van der Waals surface area contributed by atoms with Gasteiger partial charge in [-0.25, -0.2) is 0 Å². The average Bonchev–Trinajstić information content (AvgIpc) is 2.47. The fourth-order valence-corrected chi connectivity index (χ4v) is 2.25. The molecular formula is C14H22N4O2. The highest BCUT2D eigenvalue weighted by atomic mass is 16.5. The number of hydrogen-bond donors (Lipinski definition) is 1. The highest BCUT2D eigenvalue weighted by Gasteiger charge is 2.23. The molecule has 0 aromatic carbocycles. The largest absolute Gasteiger partial charge is 0.478 e. The van der Waals surface area contributed by atoms with E-state index in [1.807, 2.05) is 30.0 Å². The Balaban J connectivity index is 1.96. The molecule has 1 amide bonds. The van der Waals surface area contributed by atoms with Crippen LogP contribution in [0.4, 0.5) is 5.82 Å². The van der Waals surface area contributed by atoms with Gasteiger partial charge in [0.2, 0.25) is 11.8 Å². The predicted octanol–water partition coefficient (Wildman–Crippen LogP) is 0.476. The number of anilines is 1. The molecule has 1 aliphatic heterocycles. The van der Waals surface area contributed by atoms with Gasteiger partial charge in [-0.15, -0.1) is 0 Å². The van der Waals surface area contributed by atoms with E-state index in [1.165, 1.54) is 0 Å². The first-order chi connectivity index (χ1) is 9.61. The van der Waals surface area contributed by atoms with Gasteiger partial charge in [-0.2, -0.15) is 4.98 Å². The van der Waals surface area contributed by atoms with Crippen LogP contribution in [0, 0.1) is 0 Å². The molecule has 0 bridgehead atoms. The maximum absolute atomic E-state index is 11.8. The molecule has 0 aliphatic carbocycles. The van der Waals surface area contributed by atoms with Crippen LogP contribution in [-0.4, -0.2) is 54.6 Å². The first kappa shape index (κ1) is 14.6. The number of amides is 1. The Bertz CT molecular complexity index is 456. The Morgan fingerprint density at radius 1 is 1.40 bits per heavy atom. The van der Waals surface area contributed by atoms with Crippen LogP contribution in [0.3, 0.4) is 0 Å². The van der Waals surface area contributed by atoms with Crippen molar-refractivity contribution >= 4 is 11.7 Å². The van der Waals surface area contributed by atoms with E-state index in [-0.39, 0.29) is 5.91 Å². The lowest BCUT2D eigenvalue weighted by atomic mass is 10.2. The lowest BCUT2D eigenvalue weighted by Crippen LogP contribution is -2.52. The summed E-state index contributed by atoms with van der Waals surface area (Å²) in [6.45, 7) is 7.16. The number of rotatable bonds is 4. The van der Waals surface area contributed by atoms with Crippen LogP contribution < -0.4 is 15.4 Å². The summed E-state index contributed by atoms with van der Waals surface area (Å²) in [5, 5.41) is 0. The number of carbonyl (C=O) groups is 1. The number of ether oxygens (including phenoxy) is 1. The van der Waals surface area contributed by atoms with Gasteiger partial charge in [0, 0.05) is 32.2 Å². The summed E-state index contributed by atoms with van der Waals surface area (Å²) >= 11 is 0. The minimum absolute atomic E-state index is 0.0145. The van der Waals surface area contributed by atoms with Crippen molar-refractivity contribution in [2.45, 2.75) is 19.9 Å². The van der Waals surface area contributed by atoms with Crippen molar-refractivity contribution in [3.63, 3.8) is 0 Å². The van der Waals surface area contributed by atoms with Gasteiger partial charge in [0.05, 0.1) is 12.6 Å². The van der Waals surface area contributed by atoms with Gasteiger partial charge < -0.3 is 20.3 Å². The summed E-state index contributed by atoms with van der Waals surface area (Å²) in [4.78, 5) is 20.3. The third-order valence-electron chi connectivity index (χ3n) is 3.31. The van der Waals surface area contributed by atoms with E-state index in [4.69, 9.17) is 10.5 Å². The summed E-state index contributed by atoms with van der Waals surface area (Å²) in [6.07, 6.45) is 0. The van der Waals surface area contributed by atoms with E-state index >= 15 is 0 Å². The molecule has 2 heterocycles. The standard InChI is InChI=1S/C14H22N4O2/c1-3-20-13-6-4-5-12(16-13)17-7-9-18(10-8-17)14(19)11(2)15/h4-6,11H,3,7-10,15H2,1-2H3/t11-/m1/s1. The molecule has 1 aliphatic rings. The number of carbonyl (C=O) groups excluding carboxylic acids is 1. The Hall–Kier alpha value is -1.82. The number of piperazine rings is 1. The summed E-state index contributed by atoms with van der Waals surface area (Å²) in [5.41, 5.74) is 5.63. The summed E-state index contributed by atoms with van der Waals surface area (Å²) in [6, 6.07) is 5.32. The molecule has 1 aromatic rings. The molecule has 20 heavy (non-hydrogen) atoms. The van der Waals surface area contributed by atoms with Crippen LogP contribution in [0.5, 0.6) is 5.88 Å². The molecule has 0 spiro atoms. The first-order valence-corrected chi connectivity index (χ1v) is 7.01. The topological polar surface area (TPSA) is 71.7 Å². The maximum Gasteiger partial charge on any atom is 0.239 e. The molecular weight excluding hydrogens is 256 g/mol. The molecule has 1 fully saturated rings. The Morgan fingerprint density at radius 3 is 2.70 bits per heavy atom. The van der Waals surface area contributed by atoms with E-state index in [9.17, 15) is 4.79 Å². The maximum atomic E-state index is 11.8. The minimum atomic E-state index is -0.430. The number of nitrogens with zero attached hydrogens (tertiary/aromatic N) is 3. The molecule has 1 saturated heterocycles. The zero-order chi connectivity index (χ0) is 14.5. The number of pyridine rings is 1. The second-order valence-electron chi connectivity index (χ2n) is 4.87. The molecule has 6 nitrogen and oxygen atoms in total. The Labute approximate surface area is 119 Å². The Morgan fingerprint density at radius 2 is 2.10 bits per heavy atom. The van der Waals surface area contributed by atoms with Crippen LogP contribution in [0.25, 0.3) is 0 Å². The van der Waals surface area contributed by atoms with Crippen molar-refractivity contribution in [1.82, 2.24) is 9.88 Å². The van der Waals surface area contributed by atoms with Crippen molar-refractivity contribution in [3.8, 4) is 5.88 Å². The zero-order valence-corrected chi connectivity index (χ0v) is 12.1. The lowest BCUT2D eigenvalue weighted by Gasteiger charge is -2.36. The highest BCUT2D eigenvalue weighted by Crippen LogP contribution is 2.17. The van der Waals surface area contributed by atoms with E-state index < -0.39 is 6.04 Å². The van der Waals surface area contributed by atoms with Gasteiger partial charge in [0.25, 0.3) is 0 Å². The smallest absolute Gasteiger partial charge is 0.239 e. The van der Waals surface area contributed by atoms with Crippen LogP contribution in [0.15, 0.2) is 18.2 Å². The number of hydrogen-bond acceptors (Lipinski definition) is 5. The second-order valence-corrected chi connectivity index (χ2v) is 4.87. The third kappa shape index (κ3) is 3.39. The molecule has 2 rings (SSSR count). The number of aromatic nitrogens is 1. The number of nitrogens with two attached hydrogens (primary N) is 1. The van der Waals surface area contributed by atoms with Crippen molar-refractivity contribution in [3.05, 3.63) is 18.2 Å². The molecule has 1 aromatic heterocycles. The summed E-state index contributed by atoms with van der Waals surface area (Å²) < 4.78 is 5.41. The first-order valence-electron chi connectivity index (χ1n) is 7.01. The van der Waals surface area contributed by atoms with Crippen LogP contribution >= 0.6 is 0 Å². The molecule has 6 heteroatoms. The quantitative estimate of drug-likeness (QED) is 0.867. The fraction of sp³-hybridized carbons (Fsp3) is 0.571. The summed E-state index contributed by atoms with van der Waals surface area (Å²) in [5.74, 6) is 1.55. The van der Waals surface area contributed by atoms with Crippen LogP contribution in [0.1, 0.15) is 13.8 Å². The van der Waals surface area contributed by atoms with Gasteiger partial charge >= 0.3 is 0 Å². The van der Waals surface area contributed by atoms with Gasteiger partial charge in [-0.3, -0.25) is 4.79 Å². The van der Waals surface area contributed by atoms with Crippen molar-refractivity contribution in [2.75, 3.05) is 37.7 Å². The third-order valence-corrected chi connectivity index (χ3v) is 3.31. The van der Waals surface area contributed by atoms with Crippen molar-refractivity contribution in [2.24, 2.45) is 5.73 Å². The van der Waals surface area contributed by atoms with Crippen LogP contribution in [0.2, 0.25) is 0 Å². The average molecular weight is 278 g/mol. The van der Waals surface area contributed by atoms with Crippen LogP contribution in [-0.2, 0) is 4.79 Å². The highest BCUT2D eigenvalue weighted by molar-refractivity contribution is 5.81. The second kappa shape index (κ2) is 6.56. The van der Waals surface area contributed by atoms with E-state index in [0.29, 0.717) is 25.6 Å². The van der Waals surface area contributed by atoms with E-state index in [0.717, 1.165) is 18.9 Å². The van der Waals surface area contributed by atoms with Crippen molar-refractivity contribution < 1.29 is 9.53 Å². The molecule has 0 radical (unpaired) electrons. The predicted molar refractivity (Wildman–Crippen MR) is 77.8 cm³/mol. The fourth-order valence-electron chi connectivity index (χ4n) is 2.25. The molecule has 0 unspecified atom stereocenters. The van der Waals surface area contributed by atoms with Crippen molar-refractivity contribution in [1.29, 1.82) is 0 Å². The van der Waals surface area contributed by atoms with E-state index in [2.05, 4.69) is 9.88 Å². The SMILES string of the molecule is CCOc1cccc(N2CCN(C(=O)[C@@H](C)N)CC2)n1. The minimum Gasteiger partial charge on any atom is -0.478 e. The molecule has 1 atom stereocenters. The van der Waals surface area contributed by atoms with Gasteiger partial charge in [-0.05, 0) is 19.9 Å². The normalized spacial score (nSPS) is 16.9. The molecule has 2 N–H and O–H groups in total. The lowest BCUT2D eigenvalue weighted by molar-refractivity contribution is -0.132. The summed E-state index contributed by atoms with van der Waals surface area (Å²) in [7, 11) is 0. The Kier molecular flexibility index (Phi) is 4.79. The monoisotopic (exact) mass is 278 g/mol. The molecule has 0 saturated carbocycles. The van der Waals surface area contributed by atoms with Gasteiger partial charge in [0.15, 0.2) is 0 Å². The van der Waals surface area contributed by atoms with E-state index in [1.54, 1.807) is 6.92 Å².